The highest BCUT2D eigenvalue weighted by Crippen LogP contribution is 2.01. The van der Waals surface area contributed by atoms with E-state index in [0.717, 1.165) is 0 Å². The summed E-state index contributed by atoms with van der Waals surface area (Å²) < 4.78 is 0. The third-order valence-corrected chi connectivity index (χ3v) is 1.79. The number of hydrogen-bond donors (Lipinski definition) is 3. The normalized spacial score (nSPS) is 9.25. The molecule has 0 aromatic carbocycles. The van der Waals surface area contributed by atoms with E-state index in [1.807, 2.05) is 0 Å². The second-order valence-corrected chi connectivity index (χ2v) is 3.05. The van der Waals surface area contributed by atoms with Gasteiger partial charge in [0, 0.05) is 19.3 Å². The SMILES string of the molecule is O=CNCCCNC(=O)Nc1cccnc1. The monoisotopic (exact) mass is 222 g/mol. The number of urea groups is 1. The predicted molar refractivity (Wildman–Crippen MR) is 59.9 cm³/mol. The maximum atomic E-state index is 11.3. The van der Waals surface area contributed by atoms with Crippen LogP contribution in [0.1, 0.15) is 6.42 Å². The molecule has 0 bridgehead atoms. The lowest BCUT2D eigenvalue weighted by atomic mass is 10.4. The van der Waals surface area contributed by atoms with Crippen LogP contribution in [-0.2, 0) is 4.79 Å². The van der Waals surface area contributed by atoms with Crippen molar-refractivity contribution in [1.29, 1.82) is 0 Å². The summed E-state index contributed by atoms with van der Waals surface area (Å²) in [4.78, 5) is 25.1. The van der Waals surface area contributed by atoms with Crippen molar-refractivity contribution >= 4 is 18.1 Å². The molecular weight excluding hydrogens is 208 g/mol. The molecule has 3 amide bonds. The van der Waals surface area contributed by atoms with Gasteiger partial charge < -0.3 is 16.0 Å². The first-order valence-corrected chi connectivity index (χ1v) is 4.95. The molecule has 0 spiro atoms. The zero-order valence-electron chi connectivity index (χ0n) is 8.77. The largest absolute Gasteiger partial charge is 0.359 e. The van der Waals surface area contributed by atoms with E-state index >= 15 is 0 Å². The Labute approximate surface area is 93.4 Å². The maximum Gasteiger partial charge on any atom is 0.319 e. The molecule has 86 valence electrons. The van der Waals surface area contributed by atoms with E-state index in [1.54, 1.807) is 24.5 Å². The van der Waals surface area contributed by atoms with Gasteiger partial charge in [0.05, 0.1) is 11.9 Å². The maximum absolute atomic E-state index is 11.3. The number of rotatable bonds is 6. The van der Waals surface area contributed by atoms with Crippen LogP contribution in [0.5, 0.6) is 0 Å². The minimum Gasteiger partial charge on any atom is -0.359 e. The van der Waals surface area contributed by atoms with Gasteiger partial charge in [0.1, 0.15) is 0 Å². The lowest BCUT2D eigenvalue weighted by Gasteiger charge is -2.06. The second kappa shape index (κ2) is 7.22. The molecule has 0 aliphatic heterocycles. The van der Waals surface area contributed by atoms with Gasteiger partial charge in [0.2, 0.25) is 6.41 Å². The van der Waals surface area contributed by atoms with Gasteiger partial charge in [-0.1, -0.05) is 0 Å². The highest BCUT2D eigenvalue weighted by Gasteiger charge is 1.99. The van der Waals surface area contributed by atoms with Crippen molar-refractivity contribution < 1.29 is 9.59 Å². The second-order valence-electron chi connectivity index (χ2n) is 3.05. The van der Waals surface area contributed by atoms with Gasteiger partial charge in [-0.05, 0) is 18.6 Å². The average molecular weight is 222 g/mol. The van der Waals surface area contributed by atoms with Crippen LogP contribution in [0, 0.1) is 0 Å². The van der Waals surface area contributed by atoms with E-state index in [-0.39, 0.29) is 6.03 Å². The molecule has 16 heavy (non-hydrogen) atoms. The zero-order valence-corrected chi connectivity index (χ0v) is 8.77. The zero-order chi connectivity index (χ0) is 11.6. The summed E-state index contributed by atoms with van der Waals surface area (Å²) in [7, 11) is 0. The van der Waals surface area contributed by atoms with Crippen molar-refractivity contribution in [3.8, 4) is 0 Å². The number of pyridine rings is 1. The quantitative estimate of drug-likeness (QED) is 0.479. The number of anilines is 1. The van der Waals surface area contributed by atoms with Crippen molar-refractivity contribution in [2.24, 2.45) is 0 Å². The molecule has 0 saturated carbocycles. The van der Waals surface area contributed by atoms with Gasteiger partial charge in [-0.2, -0.15) is 0 Å². The molecule has 1 rings (SSSR count). The van der Waals surface area contributed by atoms with Gasteiger partial charge in [-0.25, -0.2) is 4.79 Å². The van der Waals surface area contributed by atoms with Crippen molar-refractivity contribution in [2.45, 2.75) is 6.42 Å². The standard InChI is InChI=1S/C10H14N4O2/c15-8-12-5-2-6-13-10(16)14-9-3-1-4-11-7-9/h1,3-4,7-8H,2,5-6H2,(H,12,15)(H2,13,14,16). The van der Waals surface area contributed by atoms with Crippen LogP contribution in [0.2, 0.25) is 0 Å². The first kappa shape index (κ1) is 12.0. The Morgan fingerprint density at radius 3 is 3.00 bits per heavy atom. The molecule has 0 radical (unpaired) electrons. The number of hydrogen-bond acceptors (Lipinski definition) is 3. The Bertz CT molecular complexity index is 329. The summed E-state index contributed by atoms with van der Waals surface area (Å²) in [6, 6.07) is 3.21. The summed E-state index contributed by atoms with van der Waals surface area (Å²) in [5.41, 5.74) is 0.644. The molecule has 6 heteroatoms. The lowest BCUT2D eigenvalue weighted by Crippen LogP contribution is -2.31. The number of carbonyl (C=O) groups excluding carboxylic acids is 2. The van der Waals surface area contributed by atoms with E-state index < -0.39 is 0 Å². The molecule has 6 nitrogen and oxygen atoms in total. The minimum absolute atomic E-state index is 0.279. The van der Waals surface area contributed by atoms with Crippen LogP contribution in [0.4, 0.5) is 10.5 Å². The van der Waals surface area contributed by atoms with Gasteiger partial charge in [-0.15, -0.1) is 0 Å². The molecule has 1 aromatic heterocycles. The lowest BCUT2D eigenvalue weighted by molar-refractivity contribution is -0.109. The molecule has 0 unspecified atom stereocenters. The van der Waals surface area contributed by atoms with E-state index in [2.05, 4.69) is 20.9 Å². The fourth-order valence-electron chi connectivity index (χ4n) is 1.06. The Morgan fingerprint density at radius 2 is 2.31 bits per heavy atom. The summed E-state index contributed by atoms with van der Waals surface area (Å²) in [5.74, 6) is 0. The molecule has 0 atom stereocenters. The Hall–Kier alpha value is -2.11. The number of nitrogens with zero attached hydrogens (tertiary/aromatic N) is 1. The molecule has 0 fully saturated rings. The topological polar surface area (TPSA) is 83.1 Å². The van der Waals surface area contributed by atoms with Gasteiger partial charge in [-0.3, -0.25) is 9.78 Å². The number of nitrogens with one attached hydrogen (secondary N) is 3. The summed E-state index contributed by atoms with van der Waals surface area (Å²) in [5, 5.41) is 7.80. The van der Waals surface area contributed by atoms with Crippen molar-refractivity contribution in [2.75, 3.05) is 18.4 Å². The smallest absolute Gasteiger partial charge is 0.319 e. The van der Waals surface area contributed by atoms with Crippen molar-refractivity contribution in [1.82, 2.24) is 15.6 Å². The Kier molecular flexibility index (Phi) is 5.40. The first-order chi connectivity index (χ1) is 7.83. The number of aromatic nitrogens is 1. The van der Waals surface area contributed by atoms with Crippen LogP contribution in [0.3, 0.4) is 0 Å². The molecule has 1 aromatic rings. The van der Waals surface area contributed by atoms with Gasteiger partial charge >= 0.3 is 6.03 Å². The molecule has 1 heterocycles. The fourth-order valence-corrected chi connectivity index (χ4v) is 1.06. The van der Waals surface area contributed by atoms with Crippen LogP contribution in [0.15, 0.2) is 24.5 Å². The fraction of sp³-hybridized carbons (Fsp3) is 0.300. The molecule has 3 N–H and O–H groups in total. The molecular formula is C10H14N4O2. The molecule has 0 aliphatic carbocycles. The van der Waals surface area contributed by atoms with Crippen molar-refractivity contribution in [3.05, 3.63) is 24.5 Å². The van der Waals surface area contributed by atoms with E-state index in [1.165, 1.54) is 0 Å². The van der Waals surface area contributed by atoms with E-state index in [9.17, 15) is 9.59 Å². The highest BCUT2D eigenvalue weighted by molar-refractivity contribution is 5.88. The number of amides is 3. The third kappa shape index (κ3) is 4.94. The van der Waals surface area contributed by atoms with Gasteiger partial charge in [0.15, 0.2) is 0 Å². The van der Waals surface area contributed by atoms with Crippen LogP contribution < -0.4 is 16.0 Å². The van der Waals surface area contributed by atoms with Crippen LogP contribution in [0.25, 0.3) is 0 Å². The van der Waals surface area contributed by atoms with E-state index in [0.29, 0.717) is 31.6 Å². The molecule has 0 aliphatic rings. The average Bonchev–Trinajstić information content (AvgIpc) is 2.30. The first-order valence-electron chi connectivity index (χ1n) is 4.95. The highest BCUT2D eigenvalue weighted by atomic mass is 16.2. The van der Waals surface area contributed by atoms with Crippen LogP contribution in [-0.4, -0.2) is 30.5 Å². The third-order valence-electron chi connectivity index (χ3n) is 1.79. The predicted octanol–water partition coefficient (Wildman–Crippen LogP) is 0.339. The van der Waals surface area contributed by atoms with E-state index in [4.69, 9.17) is 0 Å². The summed E-state index contributed by atoms with van der Waals surface area (Å²) in [6.07, 6.45) is 4.52. The number of carbonyl (C=O) groups is 2. The van der Waals surface area contributed by atoms with Crippen molar-refractivity contribution in [3.63, 3.8) is 0 Å². The molecule has 0 saturated heterocycles. The van der Waals surface area contributed by atoms with Gasteiger partial charge in [0.25, 0.3) is 0 Å². The Balaban J connectivity index is 2.14. The minimum atomic E-state index is -0.279. The Morgan fingerprint density at radius 1 is 1.44 bits per heavy atom. The van der Waals surface area contributed by atoms with Crippen LogP contribution >= 0.6 is 0 Å². The summed E-state index contributed by atoms with van der Waals surface area (Å²) in [6.45, 7) is 1.06. The summed E-state index contributed by atoms with van der Waals surface area (Å²) >= 11 is 0.